The number of allylic oxidation sites excluding steroid dienone is 2. The molecule has 0 aliphatic carbocycles. The van der Waals surface area contributed by atoms with Gasteiger partial charge in [0.1, 0.15) is 5.60 Å². The lowest BCUT2D eigenvalue weighted by Gasteiger charge is -2.19. The molecular formula is C12H23NO2. The van der Waals surface area contributed by atoms with Crippen LogP contribution in [0.1, 0.15) is 41.5 Å². The van der Waals surface area contributed by atoms with Crippen molar-refractivity contribution in [3.05, 3.63) is 24.4 Å². The minimum absolute atomic E-state index is 0.458. The summed E-state index contributed by atoms with van der Waals surface area (Å²) >= 11 is 0. The molecule has 3 nitrogen and oxygen atoms in total. The van der Waals surface area contributed by atoms with E-state index in [0.717, 1.165) is 0 Å². The molecule has 0 aliphatic rings. The minimum atomic E-state index is -0.468. The van der Waals surface area contributed by atoms with E-state index in [-0.39, 0.29) is 0 Å². The quantitative estimate of drug-likeness (QED) is 0.711. The van der Waals surface area contributed by atoms with Crippen LogP contribution in [0.5, 0.6) is 0 Å². The highest BCUT2D eigenvalue weighted by Gasteiger charge is 2.15. The number of amides is 1. The van der Waals surface area contributed by atoms with E-state index in [2.05, 4.69) is 11.9 Å². The summed E-state index contributed by atoms with van der Waals surface area (Å²) in [7, 11) is 0. The number of nitrogens with one attached hydrogen (secondary N) is 1. The number of hydrogen-bond acceptors (Lipinski definition) is 2. The Labute approximate surface area is 93.2 Å². The molecule has 0 bridgehead atoms. The van der Waals surface area contributed by atoms with Gasteiger partial charge in [0.25, 0.3) is 0 Å². The fourth-order valence-electron chi connectivity index (χ4n) is 0.663. The van der Waals surface area contributed by atoms with E-state index in [1.807, 2.05) is 41.5 Å². The van der Waals surface area contributed by atoms with Crippen LogP contribution >= 0.6 is 0 Å². The molecule has 0 aromatic rings. The second-order valence-electron chi connectivity index (χ2n) is 3.58. The van der Waals surface area contributed by atoms with Crippen molar-refractivity contribution < 1.29 is 9.53 Å². The maximum Gasteiger partial charge on any atom is 0.412 e. The summed E-state index contributed by atoms with van der Waals surface area (Å²) in [5.74, 6) is 0. The molecule has 0 aromatic heterocycles. The largest absolute Gasteiger partial charge is 0.444 e. The van der Waals surface area contributed by atoms with Crippen molar-refractivity contribution in [2.45, 2.75) is 47.1 Å². The predicted octanol–water partition coefficient (Wildman–Crippen LogP) is 3.63. The number of carbonyl (C=O) groups is 1. The van der Waals surface area contributed by atoms with E-state index in [4.69, 9.17) is 4.74 Å². The van der Waals surface area contributed by atoms with Crippen molar-refractivity contribution in [3.8, 4) is 0 Å². The number of ether oxygens (including phenoxy) is 1. The number of alkyl carbamates (subject to hydrolysis) is 1. The van der Waals surface area contributed by atoms with Gasteiger partial charge in [-0.05, 0) is 33.8 Å². The van der Waals surface area contributed by atoms with Crippen LogP contribution in [0, 0.1) is 0 Å². The van der Waals surface area contributed by atoms with Crippen LogP contribution in [-0.4, -0.2) is 11.7 Å². The third kappa shape index (κ3) is 10.7. The number of rotatable bonds is 2. The van der Waals surface area contributed by atoms with Gasteiger partial charge in [0.05, 0.1) is 0 Å². The van der Waals surface area contributed by atoms with E-state index in [0.29, 0.717) is 5.70 Å². The van der Waals surface area contributed by atoms with Crippen LogP contribution in [0.4, 0.5) is 4.79 Å². The molecule has 88 valence electrons. The maximum absolute atomic E-state index is 11.2. The first-order valence-electron chi connectivity index (χ1n) is 5.18. The van der Waals surface area contributed by atoms with Gasteiger partial charge in [-0.2, -0.15) is 0 Å². The van der Waals surface area contributed by atoms with Crippen LogP contribution < -0.4 is 5.32 Å². The lowest BCUT2D eigenvalue weighted by molar-refractivity contribution is 0.0548. The molecule has 0 radical (unpaired) electrons. The van der Waals surface area contributed by atoms with Gasteiger partial charge in [0, 0.05) is 5.70 Å². The van der Waals surface area contributed by atoms with Gasteiger partial charge in [0.15, 0.2) is 0 Å². The smallest absolute Gasteiger partial charge is 0.412 e. The van der Waals surface area contributed by atoms with Crippen molar-refractivity contribution in [3.63, 3.8) is 0 Å². The molecule has 15 heavy (non-hydrogen) atoms. The molecule has 3 heteroatoms. The molecule has 0 atom stereocenters. The van der Waals surface area contributed by atoms with Gasteiger partial charge >= 0.3 is 6.09 Å². The summed E-state index contributed by atoms with van der Waals surface area (Å²) in [4.78, 5) is 11.2. The topological polar surface area (TPSA) is 38.3 Å². The predicted molar refractivity (Wildman–Crippen MR) is 64.7 cm³/mol. The third-order valence-corrected chi connectivity index (χ3v) is 1.18. The SMILES string of the molecule is C=C/C(=C\C)NC(=O)OC(C)(C)C.CC. The first kappa shape index (κ1) is 16.2. The Balaban J connectivity index is 0. The summed E-state index contributed by atoms with van der Waals surface area (Å²) in [5, 5.41) is 2.55. The van der Waals surface area contributed by atoms with Crippen LogP contribution in [-0.2, 0) is 4.74 Å². The molecule has 0 unspecified atom stereocenters. The zero-order valence-corrected chi connectivity index (χ0v) is 10.7. The molecule has 0 saturated carbocycles. The van der Waals surface area contributed by atoms with Crippen molar-refractivity contribution in [2.75, 3.05) is 0 Å². The van der Waals surface area contributed by atoms with Crippen LogP contribution in [0.2, 0.25) is 0 Å². The van der Waals surface area contributed by atoms with Gasteiger partial charge in [-0.1, -0.05) is 26.5 Å². The van der Waals surface area contributed by atoms with Crippen molar-refractivity contribution in [1.29, 1.82) is 0 Å². The number of carbonyl (C=O) groups excluding carboxylic acids is 1. The van der Waals surface area contributed by atoms with E-state index in [1.165, 1.54) is 0 Å². The van der Waals surface area contributed by atoms with Gasteiger partial charge in [-0.3, -0.25) is 5.32 Å². The van der Waals surface area contributed by atoms with Crippen LogP contribution in [0.15, 0.2) is 24.4 Å². The lowest BCUT2D eigenvalue weighted by Crippen LogP contribution is -2.31. The van der Waals surface area contributed by atoms with Crippen molar-refractivity contribution in [2.24, 2.45) is 0 Å². The zero-order valence-electron chi connectivity index (χ0n) is 10.7. The Morgan fingerprint density at radius 2 is 1.80 bits per heavy atom. The Hall–Kier alpha value is -1.25. The summed E-state index contributed by atoms with van der Waals surface area (Å²) in [5.41, 5.74) is 0.179. The van der Waals surface area contributed by atoms with E-state index >= 15 is 0 Å². The van der Waals surface area contributed by atoms with E-state index in [9.17, 15) is 4.79 Å². The van der Waals surface area contributed by atoms with Crippen molar-refractivity contribution >= 4 is 6.09 Å². The van der Waals surface area contributed by atoms with E-state index < -0.39 is 11.7 Å². The Morgan fingerprint density at radius 1 is 1.33 bits per heavy atom. The Morgan fingerprint density at radius 3 is 2.07 bits per heavy atom. The molecule has 0 aliphatic heterocycles. The standard InChI is InChI=1S/C10H17NO2.C2H6/c1-6-8(7-2)11-9(12)13-10(3,4)5;1-2/h6-7H,1H2,2-5H3,(H,11,12);1-2H3/b8-7+;. The highest BCUT2D eigenvalue weighted by Crippen LogP contribution is 2.07. The molecule has 0 rings (SSSR count). The monoisotopic (exact) mass is 213 g/mol. The lowest BCUT2D eigenvalue weighted by atomic mass is 10.2. The highest BCUT2D eigenvalue weighted by molar-refractivity contribution is 5.70. The Bertz CT molecular complexity index is 224. The molecule has 1 N–H and O–H groups in total. The normalized spacial score (nSPS) is 10.9. The highest BCUT2D eigenvalue weighted by atomic mass is 16.6. The maximum atomic E-state index is 11.2. The molecule has 0 aromatic carbocycles. The van der Waals surface area contributed by atoms with Crippen LogP contribution in [0.25, 0.3) is 0 Å². The Kier molecular flexibility index (Phi) is 8.73. The zero-order chi connectivity index (χ0) is 12.5. The summed E-state index contributed by atoms with van der Waals surface area (Å²) in [6.45, 7) is 14.8. The summed E-state index contributed by atoms with van der Waals surface area (Å²) in [6, 6.07) is 0. The molecule has 0 saturated heterocycles. The van der Waals surface area contributed by atoms with E-state index in [1.54, 1.807) is 12.2 Å². The van der Waals surface area contributed by atoms with Crippen molar-refractivity contribution in [1.82, 2.24) is 5.32 Å². The molecule has 1 amide bonds. The molecular weight excluding hydrogens is 190 g/mol. The first-order valence-corrected chi connectivity index (χ1v) is 5.18. The molecule has 0 fully saturated rings. The molecule has 0 spiro atoms. The minimum Gasteiger partial charge on any atom is -0.444 e. The van der Waals surface area contributed by atoms with Gasteiger partial charge in [-0.15, -0.1) is 0 Å². The second-order valence-corrected chi connectivity index (χ2v) is 3.58. The fourth-order valence-corrected chi connectivity index (χ4v) is 0.663. The summed E-state index contributed by atoms with van der Waals surface area (Å²) in [6.07, 6.45) is 2.85. The first-order chi connectivity index (χ1) is 6.89. The van der Waals surface area contributed by atoms with Gasteiger partial charge in [0.2, 0.25) is 0 Å². The van der Waals surface area contributed by atoms with Gasteiger partial charge < -0.3 is 4.74 Å². The fraction of sp³-hybridized carbons (Fsp3) is 0.583. The number of hydrogen-bond donors (Lipinski definition) is 1. The second kappa shape index (κ2) is 8.09. The van der Waals surface area contributed by atoms with Crippen LogP contribution in [0.3, 0.4) is 0 Å². The average Bonchev–Trinajstić information content (AvgIpc) is 2.14. The average molecular weight is 213 g/mol. The van der Waals surface area contributed by atoms with Gasteiger partial charge in [-0.25, -0.2) is 4.79 Å². The summed E-state index contributed by atoms with van der Waals surface area (Å²) < 4.78 is 5.03. The third-order valence-electron chi connectivity index (χ3n) is 1.18. The molecule has 0 heterocycles.